The molecule has 0 saturated heterocycles. The lowest BCUT2D eigenvalue weighted by molar-refractivity contribution is 0.230. The number of hydrogen-bond donors (Lipinski definition) is 2. The Bertz CT molecular complexity index is 622. The summed E-state index contributed by atoms with van der Waals surface area (Å²) in [4.78, 5) is 10.8. The average molecular weight is 282 g/mol. The molecule has 4 heteroatoms. The summed E-state index contributed by atoms with van der Waals surface area (Å²) < 4.78 is 5.97. The number of urea groups is 1. The van der Waals surface area contributed by atoms with Gasteiger partial charge in [0, 0.05) is 6.04 Å². The largest absolute Gasteiger partial charge is 0.457 e. The van der Waals surface area contributed by atoms with Crippen LogP contribution in [0.5, 0.6) is 11.5 Å². The summed E-state index contributed by atoms with van der Waals surface area (Å²) in [5, 5.41) is 2.75. The molecule has 0 heterocycles. The van der Waals surface area contributed by atoms with Crippen LogP contribution in [0.1, 0.15) is 24.3 Å². The summed E-state index contributed by atoms with van der Waals surface area (Å²) in [7, 11) is 0. The molecule has 0 atom stereocenters. The monoisotopic (exact) mass is 282 g/mol. The van der Waals surface area contributed by atoms with Gasteiger partial charge >= 0.3 is 6.03 Å². The van der Waals surface area contributed by atoms with Crippen LogP contribution in [0.4, 0.5) is 4.79 Å². The van der Waals surface area contributed by atoms with E-state index >= 15 is 0 Å². The van der Waals surface area contributed by atoms with Crippen molar-refractivity contribution in [1.82, 2.24) is 5.32 Å². The van der Waals surface area contributed by atoms with Crippen molar-refractivity contribution in [2.24, 2.45) is 5.73 Å². The maximum absolute atomic E-state index is 10.8. The van der Waals surface area contributed by atoms with Crippen LogP contribution in [0, 0.1) is 0 Å². The first-order chi connectivity index (χ1) is 10.2. The third-order valence-electron chi connectivity index (χ3n) is 3.81. The Morgan fingerprint density at radius 1 is 1.05 bits per heavy atom. The Kier molecular flexibility index (Phi) is 3.77. The molecule has 4 nitrogen and oxygen atoms in total. The van der Waals surface area contributed by atoms with E-state index in [1.165, 1.54) is 5.56 Å². The highest BCUT2D eigenvalue weighted by Crippen LogP contribution is 2.42. The van der Waals surface area contributed by atoms with E-state index in [4.69, 9.17) is 10.5 Å². The van der Waals surface area contributed by atoms with Crippen LogP contribution in [0.3, 0.4) is 0 Å². The molecule has 0 aromatic heterocycles. The third kappa shape index (κ3) is 3.16. The van der Waals surface area contributed by atoms with Crippen LogP contribution in [0.25, 0.3) is 0 Å². The van der Waals surface area contributed by atoms with Crippen LogP contribution in [-0.2, 0) is 0 Å². The lowest BCUT2D eigenvalue weighted by Crippen LogP contribution is -2.45. The molecule has 1 aliphatic carbocycles. The number of nitrogens with one attached hydrogen (secondary N) is 1. The van der Waals surface area contributed by atoms with E-state index in [9.17, 15) is 4.79 Å². The molecule has 108 valence electrons. The van der Waals surface area contributed by atoms with Crippen molar-refractivity contribution in [1.29, 1.82) is 0 Å². The first kappa shape index (κ1) is 13.5. The number of benzene rings is 2. The van der Waals surface area contributed by atoms with Gasteiger partial charge in [-0.2, -0.15) is 0 Å². The SMILES string of the molecule is NC(=O)NC1CC(c2ccccc2Oc2ccccc2)C1. The van der Waals surface area contributed by atoms with Gasteiger partial charge in [0.2, 0.25) is 0 Å². The summed E-state index contributed by atoms with van der Waals surface area (Å²) in [5.41, 5.74) is 6.33. The fraction of sp³-hybridized carbons (Fsp3) is 0.235. The number of primary amides is 1. The Labute approximate surface area is 123 Å². The van der Waals surface area contributed by atoms with Gasteiger partial charge in [0.25, 0.3) is 0 Å². The fourth-order valence-electron chi connectivity index (χ4n) is 2.72. The van der Waals surface area contributed by atoms with Crippen molar-refractivity contribution in [2.45, 2.75) is 24.8 Å². The third-order valence-corrected chi connectivity index (χ3v) is 3.81. The summed E-state index contributed by atoms with van der Waals surface area (Å²) in [5.74, 6) is 2.11. The number of carbonyl (C=O) groups excluding carboxylic acids is 1. The van der Waals surface area contributed by atoms with Crippen molar-refractivity contribution in [3.05, 3.63) is 60.2 Å². The second-order valence-corrected chi connectivity index (χ2v) is 5.33. The number of ether oxygens (including phenoxy) is 1. The highest BCUT2D eigenvalue weighted by atomic mass is 16.5. The first-order valence-electron chi connectivity index (χ1n) is 7.10. The molecule has 21 heavy (non-hydrogen) atoms. The van der Waals surface area contributed by atoms with Gasteiger partial charge in [-0.15, -0.1) is 0 Å². The molecule has 2 aromatic carbocycles. The van der Waals surface area contributed by atoms with Gasteiger partial charge in [0.05, 0.1) is 0 Å². The smallest absolute Gasteiger partial charge is 0.312 e. The molecule has 1 aliphatic rings. The molecule has 0 bridgehead atoms. The van der Waals surface area contributed by atoms with Gasteiger partial charge in [0.1, 0.15) is 11.5 Å². The summed E-state index contributed by atoms with van der Waals surface area (Å²) in [6, 6.07) is 17.5. The second-order valence-electron chi connectivity index (χ2n) is 5.33. The molecule has 1 fully saturated rings. The minimum Gasteiger partial charge on any atom is -0.457 e. The quantitative estimate of drug-likeness (QED) is 0.902. The normalized spacial score (nSPS) is 20.4. The molecule has 0 spiro atoms. The summed E-state index contributed by atoms with van der Waals surface area (Å²) >= 11 is 0. The van der Waals surface area contributed by atoms with E-state index in [0.717, 1.165) is 24.3 Å². The molecule has 1 saturated carbocycles. The summed E-state index contributed by atoms with van der Waals surface area (Å²) in [6.45, 7) is 0. The van der Waals surface area contributed by atoms with Crippen molar-refractivity contribution in [3.8, 4) is 11.5 Å². The lowest BCUT2D eigenvalue weighted by atomic mass is 9.75. The minimum absolute atomic E-state index is 0.178. The van der Waals surface area contributed by atoms with Crippen molar-refractivity contribution >= 4 is 6.03 Å². The Morgan fingerprint density at radius 2 is 1.71 bits per heavy atom. The topological polar surface area (TPSA) is 64.4 Å². The molecule has 2 aromatic rings. The van der Waals surface area contributed by atoms with E-state index < -0.39 is 6.03 Å². The Hall–Kier alpha value is -2.49. The number of para-hydroxylation sites is 2. The number of rotatable bonds is 4. The Morgan fingerprint density at radius 3 is 2.43 bits per heavy atom. The number of hydrogen-bond acceptors (Lipinski definition) is 2. The van der Waals surface area contributed by atoms with E-state index in [-0.39, 0.29) is 6.04 Å². The van der Waals surface area contributed by atoms with Crippen LogP contribution in [-0.4, -0.2) is 12.1 Å². The van der Waals surface area contributed by atoms with Crippen LogP contribution in [0.2, 0.25) is 0 Å². The zero-order valence-electron chi connectivity index (χ0n) is 11.7. The van der Waals surface area contributed by atoms with Crippen LogP contribution in [0.15, 0.2) is 54.6 Å². The minimum atomic E-state index is -0.452. The highest BCUT2D eigenvalue weighted by molar-refractivity contribution is 5.72. The number of nitrogens with two attached hydrogens (primary N) is 1. The maximum atomic E-state index is 10.8. The van der Waals surface area contributed by atoms with Crippen molar-refractivity contribution in [2.75, 3.05) is 0 Å². The lowest BCUT2D eigenvalue weighted by Gasteiger charge is -2.36. The molecular weight excluding hydrogens is 264 g/mol. The fourth-order valence-corrected chi connectivity index (χ4v) is 2.72. The van der Waals surface area contributed by atoms with E-state index in [0.29, 0.717) is 5.92 Å². The number of amides is 2. The molecule has 3 rings (SSSR count). The average Bonchev–Trinajstić information content (AvgIpc) is 2.44. The zero-order valence-corrected chi connectivity index (χ0v) is 11.7. The highest BCUT2D eigenvalue weighted by Gasteiger charge is 2.32. The van der Waals surface area contributed by atoms with Gasteiger partial charge in [-0.3, -0.25) is 0 Å². The van der Waals surface area contributed by atoms with E-state index in [1.54, 1.807) is 0 Å². The predicted molar refractivity (Wildman–Crippen MR) is 81.4 cm³/mol. The number of carbonyl (C=O) groups is 1. The zero-order chi connectivity index (χ0) is 14.7. The van der Waals surface area contributed by atoms with Crippen LogP contribution < -0.4 is 15.8 Å². The molecule has 3 N–H and O–H groups in total. The molecule has 2 amide bonds. The standard InChI is InChI=1S/C17H18N2O2/c18-17(20)19-13-10-12(11-13)15-8-4-5-9-16(15)21-14-6-2-1-3-7-14/h1-9,12-13H,10-11H2,(H3,18,19,20). The molecular formula is C17H18N2O2. The summed E-state index contributed by atoms with van der Waals surface area (Å²) in [6.07, 6.45) is 1.80. The van der Waals surface area contributed by atoms with Gasteiger partial charge in [-0.25, -0.2) is 4.79 Å². The van der Waals surface area contributed by atoms with Gasteiger partial charge in [0.15, 0.2) is 0 Å². The molecule has 0 unspecified atom stereocenters. The maximum Gasteiger partial charge on any atom is 0.312 e. The van der Waals surface area contributed by atoms with Gasteiger partial charge in [-0.1, -0.05) is 36.4 Å². The first-order valence-corrected chi connectivity index (χ1v) is 7.10. The van der Waals surface area contributed by atoms with Crippen molar-refractivity contribution in [3.63, 3.8) is 0 Å². The van der Waals surface area contributed by atoms with Crippen LogP contribution >= 0.6 is 0 Å². The second kappa shape index (κ2) is 5.87. The molecule has 0 radical (unpaired) electrons. The predicted octanol–water partition coefficient (Wildman–Crippen LogP) is 3.39. The van der Waals surface area contributed by atoms with Gasteiger partial charge < -0.3 is 15.8 Å². The van der Waals surface area contributed by atoms with Crippen molar-refractivity contribution < 1.29 is 9.53 Å². The Balaban J connectivity index is 1.71. The van der Waals surface area contributed by atoms with E-state index in [1.807, 2.05) is 48.5 Å². The van der Waals surface area contributed by atoms with Gasteiger partial charge in [-0.05, 0) is 42.5 Å². The molecule has 0 aliphatic heterocycles. The van der Waals surface area contributed by atoms with E-state index in [2.05, 4.69) is 11.4 Å².